The smallest absolute Gasteiger partial charge is 0.358 e. The molecule has 0 amide bonds. The molecule has 0 radical (unpaired) electrons. The molecule has 0 saturated carbocycles. The Morgan fingerprint density at radius 2 is 1.25 bits per heavy atom. The SMILES string of the molecule is CC[c-]1cccc1.[CH3-].[CH3-].[CH3-].[CH3-].[Ta+5]. The Morgan fingerprint density at radius 1 is 0.917 bits per heavy atom. The molecule has 0 nitrogen and oxygen atoms in total. The molecule has 0 aliphatic rings. The van der Waals surface area contributed by atoms with Gasteiger partial charge in [-0.3, -0.25) is 0 Å². The van der Waals surface area contributed by atoms with E-state index >= 15 is 0 Å². The summed E-state index contributed by atoms with van der Waals surface area (Å²) in [6.45, 7) is 2.16. The summed E-state index contributed by atoms with van der Waals surface area (Å²) >= 11 is 0. The van der Waals surface area contributed by atoms with Gasteiger partial charge in [-0.15, -0.1) is 0 Å². The van der Waals surface area contributed by atoms with Gasteiger partial charge in [0.25, 0.3) is 0 Å². The molecular formula is C11H21Ta. The summed E-state index contributed by atoms with van der Waals surface area (Å²) in [6.07, 6.45) is 1.16. The quantitative estimate of drug-likeness (QED) is 0.686. The molecule has 0 aliphatic carbocycles. The van der Waals surface area contributed by atoms with Gasteiger partial charge < -0.3 is 29.7 Å². The third-order valence-corrected chi connectivity index (χ3v) is 1.14. The zero-order valence-electron chi connectivity index (χ0n) is 8.96. The van der Waals surface area contributed by atoms with Gasteiger partial charge in [0.1, 0.15) is 0 Å². The molecule has 1 aromatic rings. The average Bonchev–Trinajstić information content (AvgIpc) is 2.14. The molecule has 0 heterocycles. The largest absolute Gasteiger partial charge is 5.00 e. The van der Waals surface area contributed by atoms with Crippen LogP contribution < -0.4 is 0 Å². The van der Waals surface area contributed by atoms with E-state index in [4.69, 9.17) is 0 Å². The van der Waals surface area contributed by atoms with Crippen molar-refractivity contribution < 1.29 is 22.4 Å². The molecule has 0 saturated heterocycles. The second-order valence-electron chi connectivity index (χ2n) is 1.65. The van der Waals surface area contributed by atoms with Gasteiger partial charge in [0.2, 0.25) is 0 Å². The molecule has 0 N–H and O–H groups in total. The van der Waals surface area contributed by atoms with Gasteiger partial charge in [0, 0.05) is 0 Å². The molecule has 1 aromatic carbocycles. The van der Waals surface area contributed by atoms with E-state index in [0.29, 0.717) is 0 Å². The van der Waals surface area contributed by atoms with Crippen LogP contribution in [0.25, 0.3) is 0 Å². The third-order valence-electron chi connectivity index (χ3n) is 1.14. The van der Waals surface area contributed by atoms with Crippen molar-refractivity contribution in [2.45, 2.75) is 13.3 Å². The van der Waals surface area contributed by atoms with Gasteiger partial charge in [-0.2, -0.15) is 17.7 Å². The van der Waals surface area contributed by atoms with Gasteiger partial charge in [-0.25, -0.2) is 12.1 Å². The van der Waals surface area contributed by atoms with Gasteiger partial charge in [-0.1, -0.05) is 13.3 Å². The van der Waals surface area contributed by atoms with Crippen molar-refractivity contribution in [3.05, 3.63) is 59.5 Å². The molecular weight excluding hydrogens is 313 g/mol. The number of rotatable bonds is 1. The molecule has 1 rings (SSSR count). The zero-order valence-corrected chi connectivity index (χ0v) is 12.2. The summed E-state index contributed by atoms with van der Waals surface area (Å²) in [5.74, 6) is 0. The predicted octanol–water partition coefficient (Wildman–Crippen LogP) is 3.77. The second kappa shape index (κ2) is 17.3. The van der Waals surface area contributed by atoms with E-state index in [0.717, 1.165) is 6.42 Å². The summed E-state index contributed by atoms with van der Waals surface area (Å²) < 4.78 is 0. The number of hydrogen-bond donors (Lipinski definition) is 0. The minimum atomic E-state index is 0. The van der Waals surface area contributed by atoms with Crippen molar-refractivity contribution in [1.82, 2.24) is 0 Å². The molecule has 0 unspecified atom stereocenters. The molecule has 12 heavy (non-hydrogen) atoms. The van der Waals surface area contributed by atoms with Crippen LogP contribution in [-0.4, -0.2) is 0 Å². The molecule has 0 bridgehead atoms. The first-order chi connectivity index (χ1) is 3.43. The minimum Gasteiger partial charge on any atom is -0.358 e. The van der Waals surface area contributed by atoms with E-state index in [9.17, 15) is 0 Å². The van der Waals surface area contributed by atoms with E-state index in [1.807, 2.05) is 0 Å². The van der Waals surface area contributed by atoms with Gasteiger partial charge in [-0.05, 0) is 0 Å². The van der Waals surface area contributed by atoms with Crippen LogP contribution in [0.15, 0.2) is 24.3 Å². The van der Waals surface area contributed by atoms with E-state index in [1.165, 1.54) is 5.56 Å². The fourth-order valence-corrected chi connectivity index (χ4v) is 0.650. The number of hydrogen-bond acceptors (Lipinski definition) is 0. The topological polar surface area (TPSA) is 0 Å². The van der Waals surface area contributed by atoms with Crippen LogP contribution >= 0.6 is 0 Å². The van der Waals surface area contributed by atoms with Crippen LogP contribution in [-0.2, 0) is 28.8 Å². The van der Waals surface area contributed by atoms with E-state index in [-0.39, 0.29) is 52.1 Å². The Morgan fingerprint density at radius 3 is 1.42 bits per heavy atom. The summed E-state index contributed by atoms with van der Waals surface area (Å²) in [5, 5.41) is 0. The summed E-state index contributed by atoms with van der Waals surface area (Å²) in [5.41, 5.74) is 1.43. The fourth-order valence-electron chi connectivity index (χ4n) is 0.650. The van der Waals surface area contributed by atoms with Crippen molar-refractivity contribution in [3.8, 4) is 0 Å². The maximum Gasteiger partial charge on any atom is 5.00 e. The van der Waals surface area contributed by atoms with E-state index in [1.54, 1.807) is 0 Å². The fraction of sp³-hybridized carbons (Fsp3) is 0.182. The van der Waals surface area contributed by atoms with Crippen LogP contribution in [0.4, 0.5) is 0 Å². The van der Waals surface area contributed by atoms with Crippen molar-refractivity contribution in [3.63, 3.8) is 0 Å². The molecule has 0 atom stereocenters. The summed E-state index contributed by atoms with van der Waals surface area (Å²) in [6, 6.07) is 8.41. The van der Waals surface area contributed by atoms with Crippen molar-refractivity contribution in [2.24, 2.45) is 0 Å². The van der Waals surface area contributed by atoms with Crippen LogP contribution in [0.1, 0.15) is 12.5 Å². The summed E-state index contributed by atoms with van der Waals surface area (Å²) in [4.78, 5) is 0. The second-order valence-corrected chi connectivity index (χ2v) is 1.65. The first-order valence-corrected chi connectivity index (χ1v) is 2.64. The van der Waals surface area contributed by atoms with E-state index in [2.05, 4.69) is 31.2 Å². The van der Waals surface area contributed by atoms with Crippen LogP contribution in [0.5, 0.6) is 0 Å². The molecule has 0 aliphatic heterocycles. The van der Waals surface area contributed by atoms with E-state index < -0.39 is 0 Å². The minimum absolute atomic E-state index is 0. The van der Waals surface area contributed by atoms with Crippen LogP contribution in [0.2, 0.25) is 0 Å². The monoisotopic (exact) mass is 334 g/mol. The zero-order chi connectivity index (χ0) is 5.11. The Labute approximate surface area is 95.3 Å². The Bertz CT molecular complexity index is 120. The first kappa shape index (κ1) is 29.6. The Balaban J connectivity index is -0.0000000327. The summed E-state index contributed by atoms with van der Waals surface area (Å²) in [7, 11) is 0. The van der Waals surface area contributed by atoms with Gasteiger partial charge in [0.15, 0.2) is 0 Å². The van der Waals surface area contributed by atoms with Gasteiger partial charge >= 0.3 is 22.4 Å². The number of aryl methyl sites for hydroxylation is 1. The maximum atomic E-state index is 2.16. The molecule has 0 spiro atoms. The average molecular weight is 334 g/mol. The molecule has 70 valence electrons. The van der Waals surface area contributed by atoms with Crippen molar-refractivity contribution >= 4 is 0 Å². The Hall–Kier alpha value is 0.0903. The third kappa shape index (κ3) is 10.1. The van der Waals surface area contributed by atoms with Gasteiger partial charge in [0.05, 0.1) is 0 Å². The van der Waals surface area contributed by atoms with Crippen LogP contribution in [0, 0.1) is 29.7 Å². The normalized spacial score (nSPS) is 5.42. The predicted molar refractivity (Wildman–Crippen MR) is 57.1 cm³/mol. The molecule has 1 heteroatoms. The van der Waals surface area contributed by atoms with Crippen LogP contribution in [0.3, 0.4) is 0 Å². The van der Waals surface area contributed by atoms with Crippen molar-refractivity contribution in [2.75, 3.05) is 0 Å². The molecule has 0 aromatic heterocycles. The standard InChI is InChI=1S/C7H9.4CH3.Ta/c1-2-7-5-3-4-6-7;;;;;/h3-6H,2H2,1H3;4*1H3;/q5*-1;+5. The van der Waals surface area contributed by atoms with Crippen molar-refractivity contribution in [1.29, 1.82) is 0 Å². The Kier molecular flexibility index (Phi) is 42.5. The maximum absolute atomic E-state index is 2.16. The molecule has 0 fully saturated rings. The first-order valence-electron chi connectivity index (χ1n) is 2.64.